The topological polar surface area (TPSA) is 112 Å². The van der Waals surface area contributed by atoms with E-state index in [1.165, 1.54) is 56.1 Å². The van der Waals surface area contributed by atoms with Crippen molar-refractivity contribution < 1.29 is 38.7 Å². The van der Waals surface area contributed by atoms with Crippen LogP contribution >= 0.6 is 0 Å². The van der Waals surface area contributed by atoms with Gasteiger partial charge in [0.1, 0.15) is 50.1 Å². The van der Waals surface area contributed by atoms with Gasteiger partial charge in [-0.1, -0.05) is 88.6 Å². The summed E-state index contributed by atoms with van der Waals surface area (Å²) in [6, 6.07) is 16.3. The summed E-state index contributed by atoms with van der Waals surface area (Å²) >= 11 is 0. The summed E-state index contributed by atoms with van der Waals surface area (Å²) in [6.45, 7) is 5.19. The van der Waals surface area contributed by atoms with Crippen LogP contribution in [-0.2, 0) is 24.5 Å². The van der Waals surface area contributed by atoms with Crippen LogP contribution in [0.2, 0.25) is 0 Å². The molecular weight excluding hydrogens is 548 g/mol. The van der Waals surface area contributed by atoms with Crippen LogP contribution in [0.25, 0.3) is 0 Å². The van der Waals surface area contributed by atoms with E-state index in [0.29, 0.717) is 18.0 Å². The highest BCUT2D eigenvalue weighted by Gasteiger charge is 2.33. The molecule has 1 aliphatic rings. The minimum absolute atomic E-state index is 0.00535. The summed E-state index contributed by atoms with van der Waals surface area (Å²) in [5.41, 5.74) is 2.56. The highest BCUT2D eigenvalue weighted by Crippen LogP contribution is 2.43. The zero-order valence-corrected chi connectivity index (χ0v) is 25.5. The van der Waals surface area contributed by atoms with Crippen LogP contribution < -0.4 is 9.47 Å². The van der Waals surface area contributed by atoms with Crippen molar-refractivity contribution in [3.63, 3.8) is 0 Å². The minimum Gasteiger partial charge on any atom is -0.491 e. The van der Waals surface area contributed by atoms with Gasteiger partial charge in [-0.25, -0.2) is 4.79 Å². The number of rotatable bonds is 14. The molecule has 236 valence electrons. The van der Waals surface area contributed by atoms with Gasteiger partial charge in [-0.2, -0.15) is 0 Å². The number of hydrogen-bond acceptors (Lipinski definition) is 8. The molecule has 2 aromatic rings. The average Bonchev–Trinajstić information content (AvgIpc) is 3.01. The van der Waals surface area contributed by atoms with Crippen molar-refractivity contribution in [2.45, 2.75) is 95.2 Å². The van der Waals surface area contributed by atoms with Gasteiger partial charge in [-0.15, -0.1) is 0 Å². The number of esters is 1. The second-order valence-corrected chi connectivity index (χ2v) is 11.6. The van der Waals surface area contributed by atoms with Gasteiger partial charge in [0, 0.05) is 11.0 Å². The van der Waals surface area contributed by atoms with Crippen molar-refractivity contribution in [3.05, 3.63) is 71.8 Å². The van der Waals surface area contributed by atoms with Crippen molar-refractivity contribution in [2.24, 2.45) is 0 Å². The third kappa shape index (κ3) is 11.3. The van der Waals surface area contributed by atoms with E-state index in [1.54, 1.807) is 6.92 Å². The van der Waals surface area contributed by atoms with Crippen LogP contribution in [0.15, 0.2) is 60.7 Å². The van der Waals surface area contributed by atoms with Gasteiger partial charge in [0.15, 0.2) is 0 Å². The Morgan fingerprint density at radius 2 is 1.16 bits per heavy atom. The standard InChI is InChI=1S/C35H48O8/c1-27(2)34(39)43-25-31(38)24-42-33-18-14-29(15-19-33)35(20-10-8-6-4-3-5-7-9-11-21-35)28-12-16-32(17-13-28)41-23-30(37)22-40-26-36/h12-19,26,30-31,37-38H,1,3-11,20-25H2,2H3. The van der Waals surface area contributed by atoms with E-state index in [4.69, 9.17) is 14.2 Å². The zero-order chi connectivity index (χ0) is 30.9. The largest absolute Gasteiger partial charge is 0.491 e. The average molecular weight is 597 g/mol. The molecule has 0 amide bonds. The fourth-order valence-corrected chi connectivity index (χ4v) is 5.63. The van der Waals surface area contributed by atoms with E-state index in [2.05, 4.69) is 35.6 Å². The lowest BCUT2D eigenvalue weighted by Crippen LogP contribution is -2.28. The Bertz CT molecular complexity index is 1100. The summed E-state index contributed by atoms with van der Waals surface area (Å²) in [7, 11) is 0. The third-order valence-electron chi connectivity index (χ3n) is 8.02. The fourth-order valence-electron chi connectivity index (χ4n) is 5.63. The molecule has 2 atom stereocenters. The number of hydrogen-bond donors (Lipinski definition) is 2. The van der Waals surface area contributed by atoms with Crippen LogP contribution in [0.1, 0.15) is 88.7 Å². The summed E-state index contributed by atoms with van der Waals surface area (Å²) in [5, 5.41) is 20.1. The van der Waals surface area contributed by atoms with Gasteiger partial charge >= 0.3 is 5.97 Å². The number of ether oxygens (including phenoxy) is 4. The lowest BCUT2D eigenvalue weighted by Gasteiger charge is -2.36. The molecule has 1 fully saturated rings. The zero-order valence-electron chi connectivity index (χ0n) is 25.5. The Hall–Kier alpha value is -3.36. The molecule has 2 unspecified atom stereocenters. The van der Waals surface area contributed by atoms with E-state index in [9.17, 15) is 19.8 Å². The molecule has 1 aliphatic carbocycles. The molecule has 1 saturated carbocycles. The molecular formula is C35H48O8. The minimum atomic E-state index is -0.944. The summed E-state index contributed by atoms with van der Waals surface area (Å²) in [5.74, 6) is 0.749. The SMILES string of the molecule is C=C(C)C(=O)OCC(O)COc1ccc(C2(c3ccc(OCC(O)COC=O)cc3)CCCCCCCCCCC2)cc1. The molecule has 0 spiro atoms. The van der Waals surface area contributed by atoms with Crippen LogP contribution in [0.4, 0.5) is 0 Å². The summed E-state index contributed by atoms with van der Waals surface area (Å²) < 4.78 is 21.2. The first kappa shape index (κ1) is 34.1. The fraction of sp³-hybridized carbons (Fsp3) is 0.543. The van der Waals surface area contributed by atoms with Crippen LogP contribution in [0.5, 0.6) is 11.5 Å². The molecule has 2 aromatic carbocycles. The Morgan fingerprint density at radius 3 is 1.58 bits per heavy atom. The van der Waals surface area contributed by atoms with Gasteiger partial charge in [-0.05, 0) is 55.2 Å². The third-order valence-corrected chi connectivity index (χ3v) is 8.02. The van der Waals surface area contributed by atoms with Gasteiger partial charge in [-0.3, -0.25) is 4.79 Å². The monoisotopic (exact) mass is 596 g/mol. The predicted octanol–water partition coefficient (Wildman–Crippen LogP) is 6.05. The predicted molar refractivity (Wildman–Crippen MR) is 165 cm³/mol. The molecule has 8 heteroatoms. The normalized spacial score (nSPS) is 17.3. The van der Waals surface area contributed by atoms with E-state index >= 15 is 0 Å². The molecule has 0 aromatic heterocycles. The van der Waals surface area contributed by atoms with Crippen molar-refractivity contribution in [2.75, 3.05) is 26.4 Å². The number of benzene rings is 2. The lowest BCUT2D eigenvalue weighted by molar-refractivity contribution is -0.142. The smallest absolute Gasteiger partial charge is 0.333 e. The Morgan fingerprint density at radius 1 is 0.744 bits per heavy atom. The van der Waals surface area contributed by atoms with Crippen LogP contribution in [0.3, 0.4) is 0 Å². The van der Waals surface area contributed by atoms with Gasteiger partial charge in [0.05, 0.1) is 0 Å². The van der Waals surface area contributed by atoms with Crippen LogP contribution in [-0.4, -0.2) is 61.3 Å². The molecule has 0 radical (unpaired) electrons. The van der Waals surface area contributed by atoms with Gasteiger partial charge in [0.2, 0.25) is 0 Å². The molecule has 0 saturated heterocycles. The Labute approximate surface area is 256 Å². The number of carbonyl (C=O) groups is 2. The number of aliphatic hydroxyl groups excluding tert-OH is 2. The first-order chi connectivity index (χ1) is 20.8. The van der Waals surface area contributed by atoms with Gasteiger partial charge < -0.3 is 29.2 Å². The van der Waals surface area contributed by atoms with Crippen LogP contribution in [0, 0.1) is 0 Å². The molecule has 2 N–H and O–H groups in total. The Kier molecular flexibility index (Phi) is 14.6. The van der Waals surface area contributed by atoms with E-state index in [0.717, 1.165) is 25.7 Å². The molecule has 3 rings (SSSR count). The molecule has 8 nitrogen and oxygen atoms in total. The van der Waals surface area contributed by atoms with E-state index < -0.39 is 18.2 Å². The van der Waals surface area contributed by atoms with Crippen molar-refractivity contribution in [3.8, 4) is 11.5 Å². The second kappa shape index (κ2) is 18.3. The number of aliphatic hydroxyl groups is 2. The highest BCUT2D eigenvalue weighted by molar-refractivity contribution is 5.86. The maximum Gasteiger partial charge on any atom is 0.333 e. The highest BCUT2D eigenvalue weighted by atomic mass is 16.6. The van der Waals surface area contributed by atoms with E-state index in [1.807, 2.05) is 24.3 Å². The Balaban J connectivity index is 1.77. The van der Waals surface area contributed by atoms with Crippen molar-refractivity contribution in [1.29, 1.82) is 0 Å². The molecule has 0 bridgehead atoms. The summed E-state index contributed by atoms with van der Waals surface area (Å²) in [4.78, 5) is 22.0. The van der Waals surface area contributed by atoms with Gasteiger partial charge in [0.25, 0.3) is 6.47 Å². The molecule has 0 aliphatic heterocycles. The quantitative estimate of drug-likeness (QED) is 0.154. The lowest BCUT2D eigenvalue weighted by atomic mass is 9.67. The number of carbonyl (C=O) groups excluding carboxylic acids is 2. The second-order valence-electron chi connectivity index (χ2n) is 11.6. The maximum atomic E-state index is 11.6. The molecule has 0 heterocycles. The first-order valence-electron chi connectivity index (χ1n) is 15.5. The molecule has 43 heavy (non-hydrogen) atoms. The van der Waals surface area contributed by atoms with E-state index in [-0.39, 0.29) is 37.4 Å². The maximum absolute atomic E-state index is 11.6. The summed E-state index contributed by atoms with van der Waals surface area (Å²) in [6.07, 6.45) is 11.3. The van der Waals surface area contributed by atoms with Crippen molar-refractivity contribution in [1.82, 2.24) is 0 Å². The first-order valence-corrected chi connectivity index (χ1v) is 15.5. The van der Waals surface area contributed by atoms with Crippen molar-refractivity contribution >= 4 is 12.4 Å².